The molecule has 4 nitrogen and oxygen atoms in total. The van der Waals surface area contributed by atoms with Crippen LogP contribution in [0.25, 0.3) is 0 Å². The monoisotopic (exact) mass is 313 g/mol. The van der Waals surface area contributed by atoms with Crippen LogP contribution >= 0.6 is 0 Å². The minimum Gasteiger partial charge on any atom is -0.496 e. The fourth-order valence-corrected chi connectivity index (χ4v) is 2.44. The molecule has 23 heavy (non-hydrogen) atoms. The number of rotatable bonds is 7. The molecule has 0 aliphatic rings. The molecule has 1 N–H and O–H groups in total. The van der Waals surface area contributed by atoms with Gasteiger partial charge in [-0.05, 0) is 42.7 Å². The van der Waals surface area contributed by atoms with Crippen molar-refractivity contribution in [3.63, 3.8) is 0 Å². The molecule has 0 saturated carbocycles. The van der Waals surface area contributed by atoms with Crippen molar-refractivity contribution in [2.75, 3.05) is 13.7 Å². The summed E-state index contributed by atoms with van der Waals surface area (Å²) >= 11 is 0. The molecular formula is C19H23NO3. The van der Waals surface area contributed by atoms with E-state index in [1.165, 1.54) is 0 Å². The highest BCUT2D eigenvalue weighted by Crippen LogP contribution is 2.24. The average molecular weight is 313 g/mol. The Morgan fingerprint density at radius 1 is 1.17 bits per heavy atom. The van der Waals surface area contributed by atoms with Crippen LogP contribution in [-0.2, 0) is 4.79 Å². The van der Waals surface area contributed by atoms with Crippen LogP contribution in [0.2, 0.25) is 0 Å². The molecule has 0 aromatic heterocycles. The number of amides is 1. The van der Waals surface area contributed by atoms with Crippen LogP contribution in [0, 0.1) is 6.92 Å². The number of carbonyl (C=O) groups excluding carboxylic acids is 1. The minimum absolute atomic E-state index is 0.00957. The SMILES string of the molecule is CC[C@H](NC(=O)COc1ccccc1)c1ccc(OC)c(C)c1. The molecule has 2 aromatic carbocycles. The number of carbonyl (C=O) groups is 1. The number of benzene rings is 2. The lowest BCUT2D eigenvalue weighted by Crippen LogP contribution is -2.32. The van der Waals surface area contributed by atoms with Gasteiger partial charge in [0.1, 0.15) is 11.5 Å². The quantitative estimate of drug-likeness (QED) is 0.849. The highest BCUT2D eigenvalue weighted by atomic mass is 16.5. The Morgan fingerprint density at radius 3 is 2.52 bits per heavy atom. The lowest BCUT2D eigenvalue weighted by atomic mass is 10.0. The molecule has 0 aliphatic heterocycles. The molecule has 0 heterocycles. The zero-order valence-corrected chi connectivity index (χ0v) is 13.8. The van der Waals surface area contributed by atoms with E-state index in [-0.39, 0.29) is 18.6 Å². The van der Waals surface area contributed by atoms with E-state index in [4.69, 9.17) is 9.47 Å². The Kier molecular flexibility index (Phi) is 6.03. The van der Waals surface area contributed by atoms with E-state index in [0.717, 1.165) is 23.3 Å². The van der Waals surface area contributed by atoms with E-state index in [9.17, 15) is 4.79 Å². The van der Waals surface area contributed by atoms with Gasteiger partial charge in [0.25, 0.3) is 5.91 Å². The first-order valence-electron chi connectivity index (χ1n) is 7.75. The molecule has 4 heteroatoms. The van der Waals surface area contributed by atoms with Crippen LogP contribution in [0.3, 0.4) is 0 Å². The van der Waals surface area contributed by atoms with Crippen LogP contribution in [0.1, 0.15) is 30.5 Å². The van der Waals surface area contributed by atoms with E-state index < -0.39 is 0 Å². The number of methoxy groups -OCH3 is 1. The van der Waals surface area contributed by atoms with Gasteiger partial charge >= 0.3 is 0 Å². The first kappa shape index (κ1) is 16.9. The molecule has 0 unspecified atom stereocenters. The zero-order valence-electron chi connectivity index (χ0n) is 13.8. The van der Waals surface area contributed by atoms with Gasteiger partial charge in [-0.2, -0.15) is 0 Å². The third kappa shape index (κ3) is 4.74. The lowest BCUT2D eigenvalue weighted by molar-refractivity contribution is -0.123. The fourth-order valence-electron chi connectivity index (χ4n) is 2.44. The summed E-state index contributed by atoms with van der Waals surface area (Å²) in [6.07, 6.45) is 0.808. The van der Waals surface area contributed by atoms with Crippen molar-refractivity contribution >= 4 is 5.91 Å². The molecule has 122 valence electrons. The van der Waals surface area contributed by atoms with Crippen LogP contribution in [0.4, 0.5) is 0 Å². The van der Waals surface area contributed by atoms with Crippen LogP contribution < -0.4 is 14.8 Å². The topological polar surface area (TPSA) is 47.6 Å². The van der Waals surface area contributed by atoms with Crippen molar-refractivity contribution in [3.8, 4) is 11.5 Å². The second-order valence-corrected chi connectivity index (χ2v) is 5.36. The van der Waals surface area contributed by atoms with Gasteiger partial charge in [-0.25, -0.2) is 0 Å². The zero-order chi connectivity index (χ0) is 16.7. The van der Waals surface area contributed by atoms with Gasteiger partial charge in [0.05, 0.1) is 13.2 Å². The Bertz CT molecular complexity index is 640. The van der Waals surface area contributed by atoms with Crippen LogP contribution in [-0.4, -0.2) is 19.6 Å². The van der Waals surface area contributed by atoms with Gasteiger partial charge in [-0.15, -0.1) is 0 Å². The smallest absolute Gasteiger partial charge is 0.258 e. The van der Waals surface area contributed by atoms with Crippen molar-refractivity contribution < 1.29 is 14.3 Å². The third-order valence-electron chi connectivity index (χ3n) is 3.68. The summed E-state index contributed by atoms with van der Waals surface area (Å²) in [4.78, 5) is 12.1. The molecule has 0 aliphatic carbocycles. The van der Waals surface area contributed by atoms with Crippen molar-refractivity contribution in [3.05, 3.63) is 59.7 Å². The van der Waals surface area contributed by atoms with E-state index >= 15 is 0 Å². The lowest BCUT2D eigenvalue weighted by Gasteiger charge is -2.19. The normalized spacial score (nSPS) is 11.6. The van der Waals surface area contributed by atoms with Gasteiger partial charge in [-0.3, -0.25) is 4.79 Å². The number of hydrogen-bond donors (Lipinski definition) is 1. The van der Waals surface area contributed by atoms with Gasteiger partial charge in [-0.1, -0.05) is 37.3 Å². The Balaban J connectivity index is 1.96. The first-order chi connectivity index (χ1) is 11.1. The van der Waals surface area contributed by atoms with Gasteiger partial charge in [0.15, 0.2) is 6.61 Å². The molecule has 0 spiro atoms. The fraction of sp³-hybridized carbons (Fsp3) is 0.316. The standard InChI is InChI=1S/C19H23NO3/c1-4-17(15-10-11-18(22-3)14(2)12-15)20-19(21)13-23-16-8-6-5-7-9-16/h5-12,17H,4,13H2,1-3H3,(H,20,21)/t17-/m0/s1. The number of ether oxygens (including phenoxy) is 2. The highest BCUT2D eigenvalue weighted by Gasteiger charge is 2.14. The molecule has 0 bridgehead atoms. The van der Waals surface area contributed by atoms with Crippen molar-refractivity contribution in [1.29, 1.82) is 0 Å². The largest absolute Gasteiger partial charge is 0.496 e. The Morgan fingerprint density at radius 2 is 1.91 bits per heavy atom. The summed E-state index contributed by atoms with van der Waals surface area (Å²) in [5.41, 5.74) is 2.12. The van der Waals surface area contributed by atoms with E-state index in [0.29, 0.717) is 5.75 Å². The van der Waals surface area contributed by atoms with Crippen molar-refractivity contribution in [2.24, 2.45) is 0 Å². The van der Waals surface area contributed by atoms with E-state index in [2.05, 4.69) is 5.32 Å². The predicted molar refractivity (Wildman–Crippen MR) is 90.8 cm³/mol. The third-order valence-corrected chi connectivity index (χ3v) is 3.68. The molecule has 1 amide bonds. The maximum absolute atomic E-state index is 12.1. The molecule has 2 rings (SSSR count). The van der Waals surface area contributed by atoms with Crippen LogP contribution in [0.5, 0.6) is 11.5 Å². The summed E-state index contributed by atoms with van der Waals surface area (Å²) in [5.74, 6) is 1.41. The average Bonchev–Trinajstić information content (AvgIpc) is 2.58. The number of nitrogens with one attached hydrogen (secondary N) is 1. The number of para-hydroxylation sites is 1. The summed E-state index contributed by atoms with van der Waals surface area (Å²) in [6, 6.07) is 15.3. The van der Waals surface area contributed by atoms with Gasteiger partial charge < -0.3 is 14.8 Å². The van der Waals surface area contributed by atoms with Gasteiger partial charge in [0.2, 0.25) is 0 Å². The molecule has 1 atom stereocenters. The first-order valence-corrected chi connectivity index (χ1v) is 7.75. The molecular weight excluding hydrogens is 290 g/mol. The van der Waals surface area contributed by atoms with E-state index in [1.54, 1.807) is 7.11 Å². The second-order valence-electron chi connectivity index (χ2n) is 5.36. The summed E-state index contributed by atoms with van der Waals surface area (Å²) in [6.45, 7) is 4.05. The van der Waals surface area contributed by atoms with Crippen molar-refractivity contribution in [1.82, 2.24) is 5.32 Å². The Labute approximate surface area is 137 Å². The second kappa shape index (κ2) is 8.22. The summed E-state index contributed by atoms with van der Waals surface area (Å²) in [5, 5.41) is 3.01. The maximum Gasteiger partial charge on any atom is 0.258 e. The summed E-state index contributed by atoms with van der Waals surface area (Å²) < 4.78 is 10.8. The van der Waals surface area contributed by atoms with E-state index in [1.807, 2.05) is 62.4 Å². The number of hydrogen-bond acceptors (Lipinski definition) is 3. The molecule has 0 fully saturated rings. The molecule has 2 aromatic rings. The molecule has 0 saturated heterocycles. The Hall–Kier alpha value is -2.49. The minimum atomic E-state index is -0.130. The molecule has 0 radical (unpaired) electrons. The van der Waals surface area contributed by atoms with Crippen LogP contribution in [0.15, 0.2) is 48.5 Å². The summed E-state index contributed by atoms with van der Waals surface area (Å²) in [7, 11) is 1.65. The maximum atomic E-state index is 12.1. The highest BCUT2D eigenvalue weighted by molar-refractivity contribution is 5.78. The predicted octanol–water partition coefficient (Wildman–Crippen LogP) is 3.65. The van der Waals surface area contributed by atoms with Crippen molar-refractivity contribution in [2.45, 2.75) is 26.3 Å². The number of aryl methyl sites for hydroxylation is 1. The van der Waals surface area contributed by atoms with Gasteiger partial charge in [0, 0.05) is 0 Å².